The van der Waals surface area contributed by atoms with Crippen LogP contribution in [0.15, 0.2) is 78.9 Å². The van der Waals surface area contributed by atoms with Crippen LogP contribution < -0.4 is 10.7 Å². The van der Waals surface area contributed by atoms with Crippen LogP contribution in [0.3, 0.4) is 0 Å². The topological polar surface area (TPSA) is 81.8 Å². The third-order valence-corrected chi connectivity index (χ3v) is 5.74. The van der Waals surface area contributed by atoms with E-state index in [-0.39, 0.29) is 23.6 Å². The predicted octanol–water partition coefficient (Wildman–Crippen LogP) is 3.64. The zero-order chi connectivity index (χ0) is 24.9. The highest BCUT2D eigenvalue weighted by Crippen LogP contribution is 2.22. The lowest BCUT2D eigenvalue weighted by Crippen LogP contribution is -2.49. The molecule has 3 aromatic rings. The summed E-state index contributed by atoms with van der Waals surface area (Å²) in [5.74, 6) is -2.57. The number of rotatable bonds is 7. The fraction of sp³-hybridized carbons (Fsp3) is 0.120. The molecule has 4 rings (SSSR count). The van der Waals surface area contributed by atoms with E-state index in [1.807, 2.05) is 30.3 Å². The molecule has 1 heterocycles. The molecular weight excluding hydrogens is 474 g/mol. The highest BCUT2D eigenvalue weighted by Gasteiger charge is 2.44. The van der Waals surface area contributed by atoms with Crippen LogP contribution in [-0.2, 0) is 16.1 Å². The van der Waals surface area contributed by atoms with E-state index in [1.165, 1.54) is 46.3 Å². The molecule has 0 spiro atoms. The number of carbonyl (C=O) groups is 3. The van der Waals surface area contributed by atoms with E-state index in [4.69, 9.17) is 12.2 Å². The number of thiocarbonyl (C=S) groups is 1. The Hall–Kier alpha value is -4.18. The number of nitrogens with one attached hydrogen (secondary N) is 2. The van der Waals surface area contributed by atoms with Gasteiger partial charge in [-0.15, -0.1) is 0 Å². The number of benzene rings is 3. The van der Waals surface area contributed by atoms with Crippen LogP contribution in [0.1, 0.15) is 22.3 Å². The Kier molecular flexibility index (Phi) is 7.11. The molecule has 1 fully saturated rings. The minimum Gasteiger partial charge on any atom is -0.326 e. The summed E-state index contributed by atoms with van der Waals surface area (Å²) in [5.41, 5.74) is 3.89. The lowest BCUT2D eigenvalue weighted by molar-refractivity contribution is -0.131. The van der Waals surface area contributed by atoms with Crippen molar-refractivity contribution in [1.82, 2.24) is 15.3 Å². The Morgan fingerprint density at radius 2 is 1.49 bits per heavy atom. The maximum absolute atomic E-state index is 13.3. The summed E-state index contributed by atoms with van der Waals surface area (Å²) < 4.78 is 26.4. The van der Waals surface area contributed by atoms with Crippen LogP contribution in [0, 0.1) is 11.6 Å². The largest absolute Gasteiger partial charge is 0.326 e. The van der Waals surface area contributed by atoms with Gasteiger partial charge in [0.15, 0.2) is 5.11 Å². The van der Waals surface area contributed by atoms with Gasteiger partial charge in [-0.3, -0.25) is 24.7 Å². The second kappa shape index (κ2) is 10.4. The van der Waals surface area contributed by atoms with Gasteiger partial charge < -0.3 is 5.32 Å². The van der Waals surface area contributed by atoms with Crippen molar-refractivity contribution in [3.63, 3.8) is 0 Å². The molecule has 2 N–H and O–H groups in total. The van der Waals surface area contributed by atoms with Crippen molar-refractivity contribution in [2.45, 2.75) is 19.0 Å². The number of carbonyl (C=O) groups excluding carboxylic acids is 3. The lowest BCUT2D eigenvalue weighted by Gasteiger charge is -2.24. The van der Waals surface area contributed by atoms with Gasteiger partial charge in [0.1, 0.15) is 17.7 Å². The van der Waals surface area contributed by atoms with Gasteiger partial charge in [-0.1, -0.05) is 30.3 Å². The van der Waals surface area contributed by atoms with Gasteiger partial charge in [-0.2, -0.15) is 0 Å². The number of anilines is 1. The average molecular weight is 495 g/mol. The Balaban J connectivity index is 1.55. The predicted molar refractivity (Wildman–Crippen MR) is 129 cm³/mol. The van der Waals surface area contributed by atoms with Gasteiger partial charge in [0, 0.05) is 11.3 Å². The number of hydrogen-bond donors (Lipinski definition) is 2. The summed E-state index contributed by atoms with van der Waals surface area (Å²) in [7, 11) is 0. The van der Waals surface area contributed by atoms with E-state index in [1.54, 1.807) is 0 Å². The highest BCUT2D eigenvalue weighted by atomic mass is 32.1. The minimum absolute atomic E-state index is 0.0221. The smallest absolute Gasteiger partial charge is 0.269 e. The zero-order valence-corrected chi connectivity index (χ0v) is 19.1. The molecule has 1 unspecified atom stereocenters. The van der Waals surface area contributed by atoms with E-state index >= 15 is 0 Å². The van der Waals surface area contributed by atoms with Crippen molar-refractivity contribution in [3.05, 3.63) is 102 Å². The van der Waals surface area contributed by atoms with Crippen molar-refractivity contribution in [2.24, 2.45) is 0 Å². The molecule has 3 amide bonds. The molecule has 1 aliphatic heterocycles. The first kappa shape index (κ1) is 24.0. The first-order valence-corrected chi connectivity index (χ1v) is 11.0. The van der Waals surface area contributed by atoms with E-state index in [0.717, 1.165) is 17.7 Å². The molecule has 1 saturated heterocycles. The fourth-order valence-electron chi connectivity index (χ4n) is 3.56. The van der Waals surface area contributed by atoms with E-state index in [0.29, 0.717) is 5.69 Å². The van der Waals surface area contributed by atoms with Crippen molar-refractivity contribution in [3.8, 4) is 0 Å². The minimum atomic E-state index is -1.11. The Morgan fingerprint density at radius 1 is 0.886 bits per heavy atom. The third kappa shape index (κ3) is 5.67. The second-order valence-electron chi connectivity index (χ2n) is 7.79. The Morgan fingerprint density at radius 3 is 2.11 bits per heavy atom. The first-order chi connectivity index (χ1) is 16.8. The fourth-order valence-corrected chi connectivity index (χ4v) is 3.89. The number of nitrogens with zero attached hydrogens (tertiary/aromatic N) is 2. The Bertz CT molecular complexity index is 1250. The van der Waals surface area contributed by atoms with Crippen molar-refractivity contribution in [1.29, 1.82) is 0 Å². The molecule has 0 aliphatic carbocycles. The van der Waals surface area contributed by atoms with Gasteiger partial charge in [0.05, 0.1) is 13.0 Å². The monoisotopic (exact) mass is 494 g/mol. The van der Waals surface area contributed by atoms with Crippen molar-refractivity contribution < 1.29 is 23.2 Å². The van der Waals surface area contributed by atoms with Crippen LogP contribution in [0.4, 0.5) is 14.5 Å². The summed E-state index contributed by atoms with van der Waals surface area (Å²) in [6.07, 6.45) is -0.328. The SMILES string of the molecule is O=C(CC1C(=O)N(Cc2ccccc2)C(=S)N1NC(=O)c1ccc(F)cc1)Nc1ccc(F)cc1. The van der Waals surface area contributed by atoms with Crippen LogP contribution in [0.2, 0.25) is 0 Å². The molecule has 0 saturated carbocycles. The summed E-state index contributed by atoms with van der Waals surface area (Å²) >= 11 is 5.48. The van der Waals surface area contributed by atoms with Crippen molar-refractivity contribution >= 4 is 40.7 Å². The molecule has 0 radical (unpaired) electrons. The maximum Gasteiger partial charge on any atom is 0.269 e. The van der Waals surface area contributed by atoms with Gasteiger partial charge in [0.25, 0.3) is 11.8 Å². The van der Waals surface area contributed by atoms with Crippen LogP contribution in [0.5, 0.6) is 0 Å². The molecule has 10 heteroatoms. The van der Waals surface area contributed by atoms with Crippen LogP contribution in [0.25, 0.3) is 0 Å². The zero-order valence-electron chi connectivity index (χ0n) is 18.3. The molecule has 178 valence electrons. The number of amides is 3. The normalized spacial score (nSPS) is 15.3. The number of hydrazine groups is 1. The molecule has 1 aliphatic rings. The summed E-state index contributed by atoms with van der Waals surface area (Å²) in [6, 6.07) is 18.1. The molecular formula is C25H20F2N4O3S. The standard InChI is InChI=1S/C25H20F2N4O3S/c26-18-8-6-17(7-9-18)23(33)29-31-21(14-22(32)28-20-12-10-19(27)11-13-20)24(34)30(25(31)35)15-16-4-2-1-3-5-16/h1-13,21H,14-15H2,(H,28,32)(H,29,33). The average Bonchev–Trinajstić information content (AvgIpc) is 3.05. The van der Waals surface area contributed by atoms with E-state index < -0.39 is 35.4 Å². The van der Waals surface area contributed by atoms with Crippen LogP contribution in [-0.4, -0.2) is 38.8 Å². The molecule has 35 heavy (non-hydrogen) atoms. The van der Waals surface area contributed by atoms with E-state index in [9.17, 15) is 23.2 Å². The van der Waals surface area contributed by atoms with Gasteiger partial charge in [0.2, 0.25) is 5.91 Å². The summed E-state index contributed by atoms with van der Waals surface area (Å²) in [6.45, 7) is 0.150. The quantitative estimate of drug-likeness (QED) is 0.491. The molecule has 1 atom stereocenters. The summed E-state index contributed by atoms with van der Waals surface area (Å²) in [5, 5.41) is 3.81. The third-order valence-electron chi connectivity index (χ3n) is 5.32. The lowest BCUT2D eigenvalue weighted by atomic mass is 10.1. The van der Waals surface area contributed by atoms with Gasteiger partial charge in [-0.05, 0) is 66.3 Å². The molecule has 7 nitrogen and oxygen atoms in total. The number of hydrogen-bond acceptors (Lipinski definition) is 4. The summed E-state index contributed by atoms with van der Waals surface area (Å²) in [4.78, 5) is 40.1. The molecule has 3 aromatic carbocycles. The highest BCUT2D eigenvalue weighted by molar-refractivity contribution is 7.80. The van der Waals surface area contributed by atoms with Gasteiger partial charge in [-0.25, -0.2) is 13.8 Å². The number of halogens is 2. The molecule has 0 bridgehead atoms. The Labute approximate surface area is 205 Å². The second-order valence-corrected chi connectivity index (χ2v) is 8.15. The molecule has 0 aromatic heterocycles. The first-order valence-electron chi connectivity index (χ1n) is 10.6. The van der Waals surface area contributed by atoms with E-state index in [2.05, 4.69) is 10.7 Å². The maximum atomic E-state index is 13.3. The van der Waals surface area contributed by atoms with Crippen LogP contribution >= 0.6 is 12.2 Å². The van der Waals surface area contributed by atoms with Crippen molar-refractivity contribution in [2.75, 3.05) is 5.32 Å². The van der Waals surface area contributed by atoms with Gasteiger partial charge >= 0.3 is 0 Å².